The van der Waals surface area contributed by atoms with Gasteiger partial charge in [-0.15, -0.1) is 0 Å². The summed E-state index contributed by atoms with van der Waals surface area (Å²) in [5, 5.41) is 19.6. The SMILES string of the molecule is CC(C)(c1cc(Br)cc(Br)c1-c1ccc(O)cc1)c1cc(Br)cc(Br)c1-c1ccc(O)cc1. The van der Waals surface area contributed by atoms with E-state index in [1.165, 1.54) is 0 Å². The van der Waals surface area contributed by atoms with Crippen LogP contribution in [0.2, 0.25) is 0 Å². The number of hydrogen-bond acceptors (Lipinski definition) is 2. The molecule has 2 N–H and O–H groups in total. The number of phenolic OH excluding ortho intramolecular Hbond substituents is 2. The third-order valence-electron chi connectivity index (χ3n) is 5.77. The van der Waals surface area contributed by atoms with Crippen molar-refractivity contribution >= 4 is 63.7 Å². The summed E-state index contributed by atoms with van der Waals surface area (Å²) in [5.74, 6) is 0.469. The van der Waals surface area contributed by atoms with E-state index in [0.717, 1.165) is 51.3 Å². The summed E-state index contributed by atoms with van der Waals surface area (Å²) >= 11 is 14.9. The van der Waals surface area contributed by atoms with Gasteiger partial charge in [0.05, 0.1) is 0 Å². The average molecular weight is 696 g/mol. The number of aromatic hydroxyl groups is 2. The molecule has 4 aromatic rings. The smallest absolute Gasteiger partial charge is 0.115 e. The molecule has 0 atom stereocenters. The van der Waals surface area contributed by atoms with Crippen molar-refractivity contribution in [1.82, 2.24) is 0 Å². The molecule has 0 aliphatic carbocycles. The Kier molecular flexibility index (Phi) is 7.11. The fourth-order valence-corrected chi connectivity index (χ4v) is 7.03. The summed E-state index contributed by atoms with van der Waals surface area (Å²) in [5.41, 5.74) is 5.98. The Morgan fingerprint density at radius 3 is 1.21 bits per heavy atom. The van der Waals surface area contributed by atoms with Gasteiger partial charge in [-0.2, -0.15) is 0 Å². The van der Waals surface area contributed by atoms with Crippen LogP contribution in [0.25, 0.3) is 22.3 Å². The lowest BCUT2D eigenvalue weighted by atomic mass is 9.72. The summed E-state index contributed by atoms with van der Waals surface area (Å²) in [4.78, 5) is 0. The number of halogens is 4. The Hall–Kier alpha value is -1.60. The molecular weight excluding hydrogens is 676 g/mol. The van der Waals surface area contributed by atoms with Crippen LogP contribution in [0.15, 0.2) is 90.7 Å². The Bertz CT molecular complexity index is 1230. The Balaban J connectivity index is 2.02. The van der Waals surface area contributed by atoms with Gasteiger partial charge in [0.1, 0.15) is 11.5 Å². The van der Waals surface area contributed by atoms with E-state index >= 15 is 0 Å². The van der Waals surface area contributed by atoms with Gasteiger partial charge in [0.25, 0.3) is 0 Å². The van der Waals surface area contributed by atoms with Gasteiger partial charge in [0.2, 0.25) is 0 Å². The van der Waals surface area contributed by atoms with Crippen LogP contribution in [0.3, 0.4) is 0 Å². The molecular formula is C27H20Br4O2. The molecule has 0 saturated carbocycles. The second-order valence-corrected chi connectivity index (χ2v) is 11.9. The molecule has 0 amide bonds. The van der Waals surface area contributed by atoms with Crippen molar-refractivity contribution in [1.29, 1.82) is 0 Å². The number of rotatable bonds is 4. The van der Waals surface area contributed by atoms with Gasteiger partial charge in [-0.05, 0) is 70.8 Å². The number of benzene rings is 4. The molecule has 6 heteroatoms. The second-order valence-electron chi connectivity index (χ2n) is 8.34. The molecule has 4 rings (SSSR count). The standard InChI is InChI=1S/C27H20Br4O2/c1-27(2,21-11-17(28)13-23(30)25(21)15-3-7-19(32)8-4-15)22-12-18(29)14-24(31)26(22)16-5-9-20(33)10-6-16/h3-14,32-33H,1-2H3. The van der Waals surface area contributed by atoms with Crippen molar-refractivity contribution in [2.45, 2.75) is 19.3 Å². The molecule has 0 radical (unpaired) electrons. The molecule has 0 unspecified atom stereocenters. The van der Waals surface area contributed by atoms with Gasteiger partial charge in [0, 0.05) is 34.4 Å². The average Bonchev–Trinajstić information content (AvgIpc) is 2.74. The molecule has 0 aromatic heterocycles. The topological polar surface area (TPSA) is 40.5 Å². The molecule has 33 heavy (non-hydrogen) atoms. The number of phenols is 2. The monoisotopic (exact) mass is 692 g/mol. The van der Waals surface area contributed by atoms with Crippen LogP contribution in [-0.4, -0.2) is 10.2 Å². The van der Waals surface area contributed by atoms with E-state index in [9.17, 15) is 10.2 Å². The molecule has 0 aliphatic heterocycles. The normalized spacial score (nSPS) is 11.6. The Morgan fingerprint density at radius 2 is 0.879 bits per heavy atom. The second kappa shape index (κ2) is 9.57. The molecule has 0 fully saturated rings. The van der Waals surface area contributed by atoms with Crippen molar-refractivity contribution < 1.29 is 10.2 Å². The lowest BCUT2D eigenvalue weighted by Crippen LogP contribution is -2.22. The van der Waals surface area contributed by atoms with Gasteiger partial charge >= 0.3 is 0 Å². The molecule has 0 saturated heterocycles. The van der Waals surface area contributed by atoms with E-state index in [1.54, 1.807) is 24.3 Å². The fourth-order valence-electron chi connectivity index (χ4n) is 4.12. The van der Waals surface area contributed by atoms with Crippen molar-refractivity contribution in [2.75, 3.05) is 0 Å². The van der Waals surface area contributed by atoms with E-state index < -0.39 is 5.41 Å². The number of hydrogen-bond donors (Lipinski definition) is 2. The highest BCUT2D eigenvalue weighted by molar-refractivity contribution is 9.11. The van der Waals surface area contributed by atoms with Crippen molar-refractivity contribution in [2.24, 2.45) is 0 Å². The highest BCUT2D eigenvalue weighted by Gasteiger charge is 2.32. The molecule has 168 valence electrons. The quantitative estimate of drug-likeness (QED) is 0.223. The fraction of sp³-hybridized carbons (Fsp3) is 0.111. The first-order valence-electron chi connectivity index (χ1n) is 10.2. The molecule has 4 aromatic carbocycles. The molecule has 0 bridgehead atoms. The predicted molar refractivity (Wildman–Crippen MR) is 150 cm³/mol. The largest absolute Gasteiger partial charge is 0.508 e. The van der Waals surface area contributed by atoms with Crippen molar-refractivity contribution in [3.05, 3.63) is 102 Å². The van der Waals surface area contributed by atoms with Gasteiger partial charge in [-0.3, -0.25) is 0 Å². The first kappa shape index (κ1) is 24.5. The predicted octanol–water partition coefficient (Wildman–Crippen LogP) is 9.81. The summed E-state index contributed by atoms with van der Waals surface area (Å²) in [7, 11) is 0. The van der Waals surface area contributed by atoms with E-state index in [0.29, 0.717) is 0 Å². The Labute approximate surface area is 227 Å². The molecule has 0 aliphatic rings. The van der Waals surface area contributed by atoms with Crippen molar-refractivity contribution in [3.8, 4) is 33.8 Å². The Morgan fingerprint density at radius 1 is 0.545 bits per heavy atom. The highest BCUT2D eigenvalue weighted by atomic mass is 79.9. The van der Waals surface area contributed by atoms with Gasteiger partial charge in [-0.25, -0.2) is 0 Å². The lowest BCUT2D eigenvalue weighted by molar-refractivity contribution is 0.475. The molecule has 0 heterocycles. The maximum atomic E-state index is 9.82. The zero-order valence-corrected chi connectivity index (χ0v) is 24.2. The first-order valence-corrected chi connectivity index (χ1v) is 13.3. The van der Waals surface area contributed by atoms with Crippen LogP contribution < -0.4 is 0 Å². The third-order valence-corrected chi connectivity index (χ3v) is 7.94. The summed E-state index contributed by atoms with van der Waals surface area (Å²) < 4.78 is 3.87. The van der Waals surface area contributed by atoms with Crippen LogP contribution in [-0.2, 0) is 5.41 Å². The summed E-state index contributed by atoms with van der Waals surface area (Å²) in [6, 6.07) is 22.9. The van der Waals surface area contributed by atoms with Crippen molar-refractivity contribution in [3.63, 3.8) is 0 Å². The minimum Gasteiger partial charge on any atom is -0.508 e. The van der Waals surface area contributed by atoms with Crippen LogP contribution in [0, 0.1) is 0 Å². The van der Waals surface area contributed by atoms with Gasteiger partial charge in [0.15, 0.2) is 0 Å². The molecule has 2 nitrogen and oxygen atoms in total. The van der Waals surface area contributed by atoms with Gasteiger partial charge < -0.3 is 10.2 Å². The molecule has 0 spiro atoms. The van der Waals surface area contributed by atoms with Crippen LogP contribution in [0.4, 0.5) is 0 Å². The zero-order valence-electron chi connectivity index (χ0n) is 17.8. The van der Waals surface area contributed by atoms with E-state index in [-0.39, 0.29) is 11.5 Å². The highest BCUT2D eigenvalue weighted by Crippen LogP contribution is 2.48. The maximum Gasteiger partial charge on any atom is 0.115 e. The van der Waals surface area contributed by atoms with Crippen LogP contribution in [0.1, 0.15) is 25.0 Å². The van der Waals surface area contributed by atoms with Crippen LogP contribution >= 0.6 is 63.7 Å². The van der Waals surface area contributed by atoms with Gasteiger partial charge in [-0.1, -0.05) is 102 Å². The minimum absolute atomic E-state index is 0.235. The van der Waals surface area contributed by atoms with Crippen LogP contribution in [0.5, 0.6) is 11.5 Å². The van der Waals surface area contributed by atoms with E-state index in [1.807, 2.05) is 36.4 Å². The maximum absolute atomic E-state index is 9.82. The summed E-state index contributed by atoms with van der Waals surface area (Å²) in [6.45, 7) is 4.42. The third kappa shape index (κ3) is 4.95. The minimum atomic E-state index is -0.418. The zero-order chi connectivity index (χ0) is 23.9. The van der Waals surface area contributed by atoms with E-state index in [2.05, 4.69) is 89.7 Å². The summed E-state index contributed by atoms with van der Waals surface area (Å²) in [6.07, 6.45) is 0. The first-order chi connectivity index (χ1) is 15.6. The van der Waals surface area contributed by atoms with E-state index in [4.69, 9.17) is 0 Å². The lowest BCUT2D eigenvalue weighted by Gasteiger charge is -2.32.